The van der Waals surface area contributed by atoms with E-state index in [1.807, 2.05) is 0 Å². The number of fused-ring (bicyclic) bond motifs is 1. The summed E-state index contributed by atoms with van der Waals surface area (Å²) in [5.41, 5.74) is 3.17. The molecule has 2 aromatic carbocycles. The zero-order valence-electron chi connectivity index (χ0n) is 21.0. The number of piperidine rings is 1. The molecule has 0 aromatic heterocycles. The quantitative estimate of drug-likeness (QED) is 0.562. The molecule has 0 bridgehead atoms. The van der Waals surface area contributed by atoms with Crippen LogP contribution in [0, 0.1) is 5.41 Å². The van der Waals surface area contributed by atoms with Gasteiger partial charge in [-0.1, -0.05) is 43.2 Å². The Bertz CT molecular complexity index is 900. The van der Waals surface area contributed by atoms with Crippen molar-refractivity contribution in [1.82, 2.24) is 9.80 Å². The molecular weight excluding hydrogens is 420 g/mol. The monoisotopic (exact) mass is 462 g/mol. The summed E-state index contributed by atoms with van der Waals surface area (Å²) in [4.78, 5) is 5.48. The average molecular weight is 463 g/mol. The van der Waals surface area contributed by atoms with Crippen LogP contribution in [-0.2, 0) is 13.0 Å². The standard InChI is InChI=1S/C30H42N2O2/c1-33-28-14-12-25(13-15-28)23-31-21-22-34-29-11-3-2-7-26(29)8-4-5-16-30(24-31)17-19-32(20-18-30)27-9-6-10-27/h2-3,7,11-15,27H,4-6,8-10,16-24H2,1H3. The highest BCUT2D eigenvalue weighted by atomic mass is 16.5. The van der Waals surface area contributed by atoms with E-state index in [2.05, 4.69) is 58.3 Å². The van der Waals surface area contributed by atoms with Gasteiger partial charge >= 0.3 is 0 Å². The molecule has 1 spiro atoms. The van der Waals surface area contributed by atoms with E-state index in [1.54, 1.807) is 7.11 Å². The molecule has 2 heterocycles. The van der Waals surface area contributed by atoms with Gasteiger partial charge in [0, 0.05) is 25.7 Å². The molecule has 4 heteroatoms. The van der Waals surface area contributed by atoms with Crippen molar-refractivity contribution in [3.63, 3.8) is 0 Å². The lowest BCUT2D eigenvalue weighted by atomic mass is 9.72. The zero-order chi connectivity index (χ0) is 23.2. The van der Waals surface area contributed by atoms with Crippen molar-refractivity contribution < 1.29 is 9.47 Å². The summed E-state index contributed by atoms with van der Waals surface area (Å²) in [6.45, 7) is 6.46. The van der Waals surface area contributed by atoms with Gasteiger partial charge < -0.3 is 14.4 Å². The van der Waals surface area contributed by atoms with Crippen molar-refractivity contribution >= 4 is 0 Å². The Morgan fingerprint density at radius 3 is 2.44 bits per heavy atom. The Morgan fingerprint density at radius 1 is 0.912 bits per heavy atom. The number of nitrogens with zero attached hydrogens (tertiary/aromatic N) is 2. The Labute approximate surface area is 206 Å². The molecule has 184 valence electrons. The lowest BCUT2D eigenvalue weighted by molar-refractivity contribution is 0.0118. The molecule has 0 amide bonds. The summed E-state index contributed by atoms with van der Waals surface area (Å²) in [6, 6.07) is 18.1. The number of likely N-dealkylation sites (tertiary alicyclic amines) is 1. The first kappa shape index (κ1) is 23.7. The number of ether oxygens (including phenoxy) is 2. The largest absolute Gasteiger partial charge is 0.497 e. The van der Waals surface area contributed by atoms with E-state index in [9.17, 15) is 0 Å². The smallest absolute Gasteiger partial charge is 0.122 e. The van der Waals surface area contributed by atoms with E-state index >= 15 is 0 Å². The Hall–Kier alpha value is -2.04. The van der Waals surface area contributed by atoms with Crippen LogP contribution in [0.5, 0.6) is 11.5 Å². The second-order valence-corrected chi connectivity index (χ2v) is 10.8. The first-order valence-corrected chi connectivity index (χ1v) is 13.5. The van der Waals surface area contributed by atoms with Gasteiger partial charge in [0.25, 0.3) is 0 Å². The van der Waals surface area contributed by atoms with Crippen molar-refractivity contribution in [1.29, 1.82) is 0 Å². The molecule has 2 aliphatic heterocycles. The molecule has 2 fully saturated rings. The summed E-state index contributed by atoms with van der Waals surface area (Å²) in [5.74, 6) is 2.01. The summed E-state index contributed by atoms with van der Waals surface area (Å²) in [5, 5.41) is 0. The van der Waals surface area contributed by atoms with Crippen molar-refractivity contribution in [2.24, 2.45) is 5.41 Å². The van der Waals surface area contributed by atoms with Crippen molar-refractivity contribution in [3.05, 3.63) is 59.7 Å². The molecule has 5 rings (SSSR count). The van der Waals surface area contributed by atoms with E-state index in [0.717, 1.165) is 43.7 Å². The van der Waals surface area contributed by atoms with Crippen LogP contribution >= 0.6 is 0 Å². The van der Waals surface area contributed by atoms with Gasteiger partial charge in [-0.3, -0.25) is 4.90 Å². The van der Waals surface area contributed by atoms with Crippen LogP contribution in [0.1, 0.15) is 62.5 Å². The second kappa shape index (κ2) is 11.1. The summed E-state index contributed by atoms with van der Waals surface area (Å²) in [7, 11) is 1.74. The summed E-state index contributed by atoms with van der Waals surface area (Å²) in [6.07, 6.45) is 12.0. The SMILES string of the molecule is COc1ccc(CN2CCOc3ccccc3CCCCC3(CCN(C4CCC4)CC3)C2)cc1. The maximum atomic E-state index is 6.34. The van der Waals surface area contributed by atoms with Gasteiger partial charge in [-0.2, -0.15) is 0 Å². The third-order valence-corrected chi connectivity index (χ3v) is 8.61. The van der Waals surface area contributed by atoms with Crippen LogP contribution in [0.3, 0.4) is 0 Å². The fourth-order valence-electron chi connectivity index (χ4n) is 6.23. The van der Waals surface area contributed by atoms with Crippen molar-refractivity contribution in [2.45, 2.75) is 70.4 Å². The minimum absolute atomic E-state index is 0.436. The van der Waals surface area contributed by atoms with Crippen LogP contribution in [0.15, 0.2) is 48.5 Å². The molecule has 1 saturated carbocycles. The van der Waals surface area contributed by atoms with Crippen LogP contribution in [0.25, 0.3) is 0 Å². The molecule has 34 heavy (non-hydrogen) atoms. The number of aryl methyl sites for hydroxylation is 1. The Balaban J connectivity index is 1.32. The molecule has 0 atom stereocenters. The molecule has 2 aromatic rings. The maximum absolute atomic E-state index is 6.34. The number of methoxy groups -OCH3 is 1. The maximum Gasteiger partial charge on any atom is 0.122 e. The zero-order valence-corrected chi connectivity index (χ0v) is 21.0. The van der Waals surface area contributed by atoms with Crippen molar-refractivity contribution in [2.75, 3.05) is 39.9 Å². The molecule has 0 unspecified atom stereocenters. The van der Waals surface area contributed by atoms with Gasteiger partial charge in [0.1, 0.15) is 18.1 Å². The van der Waals surface area contributed by atoms with E-state index in [-0.39, 0.29) is 0 Å². The van der Waals surface area contributed by atoms with E-state index in [4.69, 9.17) is 9.47 Å². The predicted octanol–water partition coefficient (Wildman–Crippen LogP) is 5.94. The Morgan fingerprint density at radius 2 is 1.71 bits per heavy atom. The highest BCUT2D eigenvalue weighted by Gasteiger charge is 2.38. The van der Waals surface area contributed by atoms with Gasteiger partial charge in [-0.05, 0) is 92.8 Å². The highest BCUT2D eigenvalue weighted by Crippen LogP contribution is 2.40. The lowest BCUT2D eigenvalue weighted by Gasteiger charge is -2.48. The van der Waals surface area contributed by atoms with Crippen LogP contribution in [-0.4, -0.2) is 55.7 Å². The summed E-state index contributed by atoms with van der Waals surface area (Å²) >= 11 is 0. The Kier molecular flexibility index (Phi) is 7.76. The van der Waals surface area contributed by atoms with Crippen LogP contribution in [0.2, 0.25) is 0 Å². The first-order valence-electron chi connectivity index (χ1n) is 13.5. The molecule has 4 nitrogen and oxygen atoms in total. The molecular formula is C30H42N2O2. The lowest BCUT2D eigenvalue weighted by Crippen LogP contribution is -2.51. The molecule has 0 N–H and O–H groups in total. The fraction of sp³-hybridized carbons (Fsp3) is 0.600. The van der Waals surface area contributed by atoms with Gasteiger partial charge in [-0.15, -0.1) is 0 Å². The normalized spacial score (nSPS) is 22.6. The minimum atomic E-state index is 0.436. The van der Waals surface area contributed by atoms with Crippen molar-refractivity contribution in [3.8, 4) is 11.5 Å². The van der Waals surface area contributed by atoms with Crippen LogP contribution < -0.4 is 9.47 Å². The predicted molar refractivity (Wildman–Crippen MR) is 139 cm³/mol. The molecule has 1 saturated heterocycles. The molecule has 0 radical (unpaired) electrons. The van der Waals surface area contributed by atoms with Crippen LogP contribution in [0.4, 0.5) is 0 Å². The first-order chi connectivity index (χ1) is 16.7. The van der Waals surface area contributed by atoms with E-state index in [0.29, 0.717) is 5.41 Å². The number of benzene rings is 2. The topological polar surface area (TPSA) is 24.9 Å². The number of hydrogen-bond donors (Lipinski definition) is 0. The average Bonchev–Trinajstić information content (AvgIpc) is 2.83. The third-order valence-electron chi connectivity index (χ3n) is 8.61. The van der Waals surface area contributed by atoms with E-state index in [1.165, 1.54) is 82.1 Å². The third kappa shape index (κ3) is 5.78. The number of hydrogen-bond acceptors (Lipinski definition) is 4. The second-order valence-electron chi connectivity index (χ2n) is 10.8. The number of rotatable bonds is 4. The van der Waals surface area contributed by atoms with Gasteiger partial charge in [0.15, 0.2) is 0 Å². The summed E-state index contributed by atoms with van der Waals surface area (Å²) < 4.78 is 11.7. The number of para-hydroxylation sites is 1. The highest BCUT2D eigenvalue weighted by molar-refractivity contribution is 5.33. The van der Waals surface area contributed by atoms with Gasteiger partial charge in [0.2, 0.25) is 0 Å². The van der Waals surface area contributed by atoms with Gasteiger partial charge in [-0.25, -0.2) is 0 Å². The molecule has 1 aliphatic carbocycles. The van der Waals surface area contributed by atoms with Gasteiger partial charge in [0.05, 0.1) is 7.11 Å². The fourth-order valence-corrected chi connectivity index (χ4v) is 6.23. The molecule has 3 aliphatic rings. The minimum Gasteiger partial charge on any atom is -0.497 e. The van der Waals surface area contributed by atoms with E-state index < -0.39 is 0 Å².